The number of nitrogens with zero attached hydrogens (tertiary/aromatic N) is 4. The van der Waals surface area contributed by atoms with Crippen LogP contribution in [0.5, 0.6) is 5.75 Å². The van der Waals surface area contributed by atoms with E-state index < -0.39 is 11.7 Å². The molecule has 0 N–H and O–H groups in total. The molecule has 1 aromatic heterocycles. The van der Waals surface area contributed by atoms with E-state index in [1.807, 2.05) is 11.0 Å². The molecule has 33 heavy (non-hydrogen) atoms. The van der Waals surface area contributed by atoms with Gasteiger partial charge in [0.25, 0.3) is 5.91 Å². The van der Waals surface area contributed by atoms with Crippen LogP contribution in [0, 0.1) is 6.92 Å². The van der Waals surface area contributed by atoms with Crippen molar-refractivity contribution in [3.63, 3.8) is 0 Å². The molecule has 0 unspecified atom stereocenters. The van der Waals surface area contributed by atoms with Crippen molar-refractivity contribution in [3.8, 4) is 17.1 Å². The number of ether oxygens (including phenoxy) is 1. The van der Waals surface area contributed by atoms with Gasteiger partial charge in [-0.25, -0.2) is 9.97 Å². The van der Waals surface area contributed by atoms with Crippen molar-refractivity contribution in [3.05, 3.63) is 71.4 Å². The van der Waals surface area contributed by atoms with E-state index in [1.165, 1.54) is 13.2 Å². The monoisotopic (exact) mass is 456 g/mol. The quantitative estimate of drug-likeness (QED) is 0.581. The van der Waals surface area contributed by atoms with Crippen LogP contribution >= 0.6 is 0 Å². The molecular weight excluding hydrogens is 433 g/mol. The van der Waals surface area contributed by atoms with Crippen LogP contribution in [0.2, 0.25) is 0 Å². The molecule has 4 rings (SSSR count). The average Bonchev–Trinajstić information content (AvgIpc) is 2.83. The van der Waals surface area contributed by atoms with Crippen molar-refractivity contribution in [1.29, 1.82) is 0 Å². The molecule has 1 aliphatic heterocycles. The molecule has 1 aliphatic rings. The Hall–Kier alpha value is -3.62. The molecule has 0 atom stereocenters. The number of rotatable bonds is 4. The van der Waals surface area contributed by atoms with Crippen LogP contribution < -0.4 is 9.64 Å². The first kappa shape index (κ1) is 22.6. The van der Waals surface area contributed by atoms with E-state index >= 15 is 0 Å². The van der Waals surface area contributed by atoms with Crippen LogP contribution in [0.4, 0.5) is 19.0 Å². The Bertz CT molecular complexity index is 1160. The number of halogens is 3. The number of alkyl halides is 3. The SMILES string of the molecule is COc1ccccc1C(=O)N1CCN(c2cc(C)nc(-c3cccc(C(F)(F)F)c3)n2)CC1. The highest BCUT2D eigenvalue weighted by Gasteiger charge is 2.31. The Morgan fingerprint density at radius 2 is 1.70 bits per heavy atom. The Kier molecular flexibility index (Phi) is 6.22. The van der Waals surface area contributed by atoms with E-state index in [-0.39, 0.29) is 11.7 Å². The summed E-state index contributed by atoms with van der Waals surface area (Å²) in [4.78, 5) is 25.6. The molecule has 0 aliphatic carbocycles. The standard InChI is InChI=1S/C24H23F3N4O2/c1-16-14-21(29-22(28-16)17-6-5-7-18(15-17)24(25,26)27)30-10-12-31(13-11-30)23(32)19-8-3-4-9-20(19)33-2/h3-9,14-15H,10-13H2,1-2H3. The van der Waals surface area contributed by atoms with Gasteiger partial charge in [-0.05, 0) is 31.2 Å². The van der Waals surface area contributed by atoms with Crippen LogP contribution in [0.3, 0.4) is 0 Å². The fourth-order valence-corrected chi connectivity index (χ4v) is 3.81. The number of aromatic nitrogens is 2. The van der Waals surface area contributed by atoms with Gasteiger partial charge in [0.2, 0.25) is 0 Å². The third kappa shape index (κ3) is 4.92. The Labute approximate surface area is 189 Å². The van der Waals surface area contributed by atoms with Crippen LogP contribution in [0.1, 0.15) is 21.6 Å². The first-order chi connectivity index (χ1) is 15.8. The maximum Gasteiger partial charge on any atom is 0.416 e. The van der Waals surface area contributed by atoms with Gasteiger partial charge in [0.05, 0.1) is 18.2 Å². The lowest BCUT2D eigenvalue weighted by molar-refractivity contribution is -0.137. The summed E-state index contributed by atoms with van der Waals surface area (Å²) < 4.78 is 44.6. The minimum atomic E-state index is -4.44. The smallest absolute Gasteiger partial charge is 0.416 e. The van der Waals surface area contributed by atoms with Gasteiger partial charge in [-0.2, -0.15) is 13.2 Å². The fourth-order valence-electron chi connectivity index (χ4n) is 3.81. The summed E-state index contributed by atoms with van der Waals surface area (Å²) in [5.74, 6) is 1.29. The number of anilines is 1. The van der Waals surface area contributed by atoms with Gasteiger partial charge in [-0.15, -0.1) is 0 Å². The number of hydrogen-bond acceptors (Lipinski definition) is 5. The van der Waals surface area contributed by atoms with Gasteiger partial charge >= 0.3 is 6.18 Å². The second-order valence-corrected chi connectivity index (χ2v) is 7.75. The van der Waals surface area contributed by atoms with Crippen LogP contribution in [-0.2, 0) is 6.18 Å². The third-order valence-electron chi connectivity index (χ3n) is 5.52. The average molecular weight is 456 g/mol. The Morgan fingerprint density at radius 1 is 0.970 bits per heavy atom. The van der Waals surface area contributed by atoms with Crippen molar-refractivity contribution < 1.29 is 22.7 Å². The summed E-state index contributed by atoms with van der Waals surface area (Å²) in [5, 5.41) is 0. The highest BCUT2D eigenvalue weighted by molar-refractivity contribution is 5.97. The number of methoxy groups -OCH3 is 1. The maximum atomic E-state index is 13.1. The molecule has 9 heteroatoms. The van der Waals surface area contributed by atoms with Crippen molar-refractivity contribution in [2.75, 3.05) is 38.2 Å². The zero-order valence-electron chi connectivity index (χ0n) is 18.3. The van der Waals surface area contributed by atoms with E-state index in [2.05, 4.69) is 9.97 Å². The molecule has 2 aromatic carbocycles. The van der Waals surface area contributed by atoms with Gasteiger partial charge < -0.3 is 14.5 Å². The van der Waals surface area contributed by atoms with E-state index in [1.54, 1.807) is 42.2 Å². The molecule has 1 saturated heterocycles. The van der Waals surface area contributed by atoms with E-state index in [4.69, 9.17) is 4.74 Å². The number of benzene rings is 2. The van der Waals surface area contributed by atoms with Gasteiger partial charge in [-0.1, -0.05) is 24.3 Å². The zero-order valence-corrected chi connectivity index (χ0v) is 18.3. The summed E-state index contributed by atoms with van der Waals surface area (Å²) in [6.45, 7) is 3.83. The lowest BCUT2D eigenvalue weighted by atomic mass is 10.1. The number of piperazine rings is 1. The number of amides is 1. The Balaban J connectivity index is 1.51. The van der Waals surface area contributed by atoms with Crippen LogP contribution in [-0.4, -0.2) is 54.1 Å². The van der Waals surface area contributed by atoms with E-state index in [0.29, 0.717) is 54.6 Å². The summed E-state index contributed by atoms with van der Waals surface area (Å²) >= 11 is 0. The first-order valence-corrected chi connectivity index (χ1v) is 10.5. The molecule has 172 valence electrons. The lowest BCUT2D eigenvalue weighted by Crippen LogP contribution is -2.49. The molecule has 0 saturated carbocycles. The number of para-hydroxylation sites is 1. The maximum absolute atomic E-state index is 13.1. The molecule has 0 spiro atoms. The minimum Gasteiger partial charge on any atom is -0.496 e. The van der Waals surface area contributed by atoms with Gasteiger partial charge in [0.1, 0.15) is 11.6 Å². The van der Waals surface area contributed by atoms with Crippen LogP contribution in [0.25, 0.3) is 11.4 Å². The second-order valence-electron chi connectivity index (χ2n) is 7.75. The number of aryl methyl sites for hydroxylation is 1. The topological polar surface area (TPSA) is 58.6 Å². The number of carbonyl (C=O) groups excluding carboxylic acids is 1. The summed E-state index contributed by atoms with van der Waals surface area (Å²) in [6.07, 6.45) is -4.44. The molecule has 0 bridgehead atoms. The third-order valence-corrected chi connectivity index (χ3v) is 5.52. The van der Waals surface area contributed by atoms with Gasteiger partial charge in [0, 0.05) is 43.5 Å². The summed E-state index contributed by atoms with van der Waals surface area (Å²) in [7, 11) is 1.53. The Morgan fingerprint density at radius 3 is 2.39 bits per heavy atom. The molecule has 2 heterocycles. The molecule has 3 aromatic rings. The van der Waals surface area contributed by atoms with E-state index in [0.717, 1.165) is 12.1 Å². The molecular formula is C24H23F3N4O2. The van der Waals surface area contributed by atoms with Crippen molar-refractivity contribution in [2.24, 2.45) is 0 Å². The van der Waals surface area contributed by atoms with Gasteiger partial charge in [-0.3, -0.25) is 4.79 Å². The highest BCUT2D eigenvalue weighted by Crippen LogP contribution is 2.32. The predicted octanol–water partition coefficient (Wildman–Crippen LogP) is 4.44. The summed E-state index contributed by atoms with van der Waals surface area (Å²) in [5.41, 5.74) is 0.730. The largest absolute Gasteiger partial charge is 0.496 e. The zero-order chi connectivity index (χ0) is 23.6. The normalized spacial score (nSPS) is 14.3. The number of hydrogen-bond donors (Lipinski definition) is 0. The predicted molar refractivity (Wildman–Crippen MR) is 118 cm³/mol. The molecule has 0 radical (unpaired) electrons. The number of carbonyl (C=O) groups is 1. The van der Waals surface area contributed by atoms with Crippen molar-refractivity contribution in [1.82, 2.24) is 14.9 Å². The molecule has 1 fully saturated rings. The second kappa shape index (κ2) is 9.09. The van der Waals surface area contributed by atoms with Gasteiger partial charge in [0.15, 0.2) is 5.82 Å². The fraction of sp³-hybridized carbons (Fsp3) is 0.292. The lowest BCUT2D eigenvalue weighted by Gasteiger charge is -2.35. The highest BCUT2D eigenvalue weighted by atomic mass is 19.4. The summed E-state index contributed by atoms with van der Waals surface area (Å²) in [6, 6.07) is 13.9. The van der Waals surface area contributed by atoms with Crippen molar-refractivity contribution in [2.45, 2.75) is 13.1 Å². The first-order valence-electron chi connectivity index (χ1n) is 10.5. The molecule has 6 nitrogen and oxygen atoms in total. The van der Waals surface area contributed by atoms with Crippen molar-refractivity contribution >= 4 is 11.7 Å². The van der Waals surface area contributed by atoms with E-state index in [9.17, 15) is 18.0 Å². The molecule has 1 amide bonds. The van der Waals surface area contributed by atoms with Crippen LogP contribution in [0.15, 0.2) is 54.6 Å². The minimum absolute atomic E-state index is 0.101.